The third kappa shape index (κ3) is 7.10. The summed E-state index contributed by atoms with van der Waals surface area (Å²) in [5.41, 5.74) is 2.54. The van der Waals surface area contributed by atoms with E-state index in [1.807, 2.05) is 0 Å². The molecule has 12 heteroatoms. The van der Waals surface area contributed by atoms with Gasteiger partial charge in [-0.15, -0.1) is 0 Å². The summed E-state index contributed by atoms with van der Waals surface area (Å²) in [6, 6.07) is 4.76. The van der Waals surface area contributed by atoms with Gasteiger partial charge in [0.1, 0.15) is 17.1 Å². The fraction of sp³-hybridized carbons (Fsp3) is 0.360. The van der Waals surface area contributed by atoms with Crippen molar-refractivity contribution in [2.45, 2.75) is 13.3 Å². The number of aromatic nitrogens is 3. The molecule has 0 spiro atoms. The highest BCUT2D eigenvalue weighted by molar-refractivity contribution is 6.07. The summed E-state index contributed by atoms with van der Waals surface area (Å²) < 4.78 is 4.86. The molecule has 0 aliphatic carbocycles. The summed E-state index contributed by atoms with van der Waals surface area (Å²) in [6.45, 7) is 2.92. The lowest BCUT2D eigenvalue weighted by atomic mass is 10.3. The molecule has 5 N–H and O–H groups in total. The number of rotatable bonds is 10. The van der Waals surface area contributed by atoms with Crippen molar-refractivity contribution in [3.63, 3.8) is 0 Å². The van der Waals surface area contributed by atoms with Crippen LogP contribution in [0.5, 0.6) is 0 Å². The molecule has 0 aromatic carbocycles. The standard InChI is InChI=1S/C25H34N8O4/c1-16(34)27-17-10-21(32(5)13-17)24(36)29-19-12-22(33(6)15-19)25(37)28-18-11-20(31(4)14-18)23(35)26-8-7-9-30(2)3/h10-15H,7-9H2,1-6H3,(H,26,35)(H,27,34)(H,28,37)(H,29,36)/p+1. The van der Waals surface area contributed by atoms with Crippen LogP contribution in [-0.2, 0) is 25.9 Å². The van der Waals surface area contributed by atoms with Crippen molar-refractivity contribution in [2.75, 3.05) is 43.1 Å². The lowest BCUT2D eigenvalue weighted by Crippen LogP contribution is -3.05. The Hall–Kier alpha value is -4.32. The van der Waals surface area contributed by atoms with Crippen LogP contribution in [0, 0.1) is 0 Å². The number of hydrogen-bond acceptors (Lipinski definition) is 4. The van der Waals surface area contributed by atoms with Gasteiger partial charge in [0, 0.05) is 59.6 Å². The lowest BCUT2D eigenvalue weighted by molar-refractivity contribution is -0.858. The van der Waals surface area contributed by atoms with Gasteiger partial charge in [0.15, 0.2) is 0 Å². The van der Waals surface area contributed by atoms with E-state index in [1.165, 1.54) is 11.8 Å². The van der Waals surface area contributed by atoms with Crippen LogP contribution in [0.2, 0.25) is 0 Å². The van der Waals surface area contributed by atoms with Crippen LogP contribution in [0.25, 0.3) is 0 Å². The summed E-state index contributed by atoms with van der Waals surface area (Å²) >= 11 is 0. The number of quaternary nitrogens is 1. The van der Waals surface area contributed by atoms with Crippen LogP contribution in [0.1, 0.15) is 44.8 Å². The number of aryl methyl sites for hydroxylation is 3. The smallest absolute Gasteiger partial charge is 0.272 e. The van der Waals surface area contributed by atoms with Crippen molar-refractivity contribution in [1.29, 1.82) is 0 Å². The zero-order chi connectivity index (χ0) is 27.3. The van der Waals surface area contributed by atoms with E-state index in [0.29, 0.717) is 40.7 Å². The highest BCUT2D eigenvalue weighted by atomic mass is 16.2. The predicted molar refractivity (Wildman–Crippen MR) is 141 cm³/mol. The van der Waals surface area contributed by atoms with Crippen LogP contribution in [-0.4, -0.2) is 64.5 Å². The molecule has 4 amide bonds. The highest BCUT2D eigenvalue weighted by Gasteiger charge is 2.18. The van der Waals surface area contributed by atoms with Crippen molar-refractivity contribution >= 4 is 40.7 Å². The Morgan fingerprint density at radius 1 is 0.703 bits per heavy atom. The van der Waals surface area contributed by atoms with E-state index in [1.54, 1.807) is 71.6 Å². The van der Waals surface area contributed by atoms with Crippen molar-refractivity contribution in [3.05, 3.63) is 53.9 Å². The van der Waals surface area contributed by atoms with Gasteiger partial charge in [0.2, 0.25) is 5.91 Å². The maximum Gasteiger partial charge on any atom is 0.272 e. The Balaban J connectivity index is 1.63. The molecular formula is C25H35N8O4+. The Bertz CT molecular complexity index is 1310. The largest absolute Gasteiger partial charge is 0.351 e. The Morgan fingerprint density at radius 3 is 1.51 bits per heavy atom. The second-order valence-electron chi connectivity index (χ2n) is 9.33. The van der Waals surface area contributed by atoms with Crippen molar-refractivity contribution in [1.82, 2.24) is 19.0 Å². The quantitative estimate of drug-likeness (QED) is 0.252. The van der Waals surface area contributed by atoms with Gasteiger partial charge in [-0.1, -0.05) is 0 Å². The van der Waals surface area contributed by atoms with Crippen LogP contribution < -0.4 is 26.2 Å². The van der Waals surface area contributed by atoms with Gasteiger partial charge in [-0.2, -0.15) is 0 Å². The average Bonchev–Trinajstić information content (AvgIpc) is 3.46. The van der Waals surface area contributed by atoms with E-state index in [9.17, 15) is 19.2 Å². The Labute approximate surface area is 215 Å². The minimum absolute atomic E-state index is 0.206. The first-order chi connectivity index (χ1) is 17.4. The second-order valence-corrected chi connectivity index (χ2v) is 9.33. The van der Waals surface area contributed by atoms with Gasteiger partial charge >= 0.3 is 0 Å². The summed E-state index contributed by atoms with van der Waals surface area (Å²) in [6.07, 6.45) is 5.81. The fourth-order valence-electron chi connectivity index (χ4n) is 3.90. The first-order valence-corrected chi connectivity index (χ1v) is 11.9. The lowest BCUT2D eigenvalue weighted by Gasteiger charge is -2.08. The SMILES string of the molecule is CC(=O)Nc1cc(C(=O)Nc2cc(C(=O)Nc3cc(C(=O)NCCC[NH+](C)C)n(C)c3)n(C)c2)n(C)c1. The van der Waals surface area contributed by atoms with Crippen molar-refractivity contribution < 1.29 is 24.1 Å². The van der Waals surface area contributed by atoms with Gasteiger partial charge in [0.25, 0.3) is 17.7 Å². The Kier molecular flexibility index (Phi) is 8.56. The molecule has 0 saturated heterocycles. The van der Waals surface area contributed by atoms with E-state index in [2.05, 4.69) is 35.4 Å². The highest BCUT2D eigenvalue weighted by Crippen LogP contribution is 2.19. The number of nitrogens with zero attached hydrogens (tertiary/aromatic N) is 3. The molecule has 0 saturated carbocycles. The number of hydrogen-bond donors (Lipinski definition) is 5. The van der Waals surface area contributed by atoms with Gasteiger partial charge in [-0.3, -0.25) is 19.2 Å². The molecule has 0 aliphatic rings. The third-order valence-electron chi connectivity index (χ3n) is 5.69. The van der Waals surface area contributed by atoms with Crippen LogP contribution in [0.15, 0.2) is 36.8 Å². The third-order valence-corrected chi connectivity index (χ3v) is 5.69. The van der Waals surface area contributed by atoms with Gasteiger partial charge in [0.05, 0.1) is 37.7 Å². The zero-order valence-corrected chi connectivity index (χ0v) is 22.1. The van der Waals surface area contributed by atoms with Crippen LogP contribution in [0.4, 0.5) is 17.1 Å². The molecular weight excluding hydrogens is 476 g/mol. The molecule has 198 valence electrons. The summed E-state index contributed by atoms with van der Waals surface area (Å²) in [7, 11) is 9.26. The molecule has 0 aliphatic heterocycles. The molecule has 0 atom stereocenters. The van der Waals surface area contributed by atoms with Crippen molar-refractivity contribution in [2.24, 2.45) is 21.1 Å². The van der Waals surface area contributed by atoms with Crippen LogP contribution >= 0.6 is 0 Å². The first kappa shape index (κ1) is 27.3. The molecule has 37 heavy (non-hydrogen) atoms. The minimum Gasteiger partial charge on any atom is -0.351 e. The topological polar surface area (TPSA) is 136 Å². The summed E-state index contributed by atoms with van der Waals surface area (Å²) in [5, 5.41) is 11.1. The molecule has 0 bridgehead atoms. The van der Waals surface area contributed by atoms with Gasteiger partial charge < -0.3 is 39.9 Å². The van der Waals surface area contributed by atoms with Gasteiger partial charge in [-0.25, -0.2) is 0 Å². The fourth-order valence-corrected chi connectivity index (χ4v) is 3.90. The number of carbonyl (C=O) groups is 4. The van der Waals surface area contributed by atoms with Crippen molar-refractivity contribution in [3.8, 4) is 0 Å². The first-order valence-electron chi connectivity index (χ1n) is 11.9. The molecule has 3 aromatic rings. The number of anilines is 3. The van der Waals surface area contributed by atoms with E-state index in [0.717, 1.165) is 13.0 Å². The molecule has 0 fully saturated rings. The average molecular weight is 512 g/mol. The molecule has 3 aromatic heterocycles. The Morgan fingerprint density at radius 2 is 1.11 bits per heavy atom. The minimum atomic E-state index is -0.388. The summed E-state index contributed by atoms with van der Waals surface area (Å²) in [5.74, 6) is -1.21. The molecule has 3 heterocycles. The second kappa shape index (κ2) is 11.6. The summed E-state index contributed by atoms with van der Waals surface area (Å²) in [4.78, 5) is 50.8. The molecule has 0 unspecified atom stereocenters. The van der Waals surface area contributed by atoms with Gasteiger partial charge in [-0.05, 0) is 18.2 Å². The molecule has 0 radical (unpaired) electrons. The van der Waals surface area contributed by atoms with Crippen LogP contribution in [0.3, 0.4) is 0 Å². The molecule has 3 rings (SSSR count). The predicted octanol–water partition coefficient (Wildman–Crippen LogP) is 0.430. The number of carbonyl (C=O) groups excluding carboxylic acids is 4. The molecule has 12 nitrogen and oxygen atoms in total. The zero-order valence-electron chi connectivity index (χ0n) is 22.1. The monoisotopic (exact) mass is 511 g/mol. The number of nitrogens with one attached hydrogen (secondary N) is 5. The van der Waals surface area contributed by atoms with E-state index >= 15 is 0 Å². The van der Waals surface area contributed by atoms with E-state index in [4.69, 9.17) is 0 Å². The normalized spacial score (nSPS) is 10.9. The van der Waals surface area contributed by atoms with E-state index in [-0.39, 0.29) is 23.6 Å². The number of amides is 4. The maximum atomic E-state index is 12.9. The van der Waals surface area contributed by atoms with E-state index < -0.39 is 0 Å². The maximum absolute atomic E-state index is 12.9.